The lowest BCUT2D eigenvalue weighted by Crippen LogP contribution is -2.17. The van der Waals surface area contributed by atoms with Gasteiger partial charge in [-0.2, -0.15) is 0 Å². The van der Waals surface area contributed by atoms with Gasteiger partial charge in [-0.15, -0.1) is 0 Å². The summed E-state index contributed by atoms with van der Waals surface area (Å²) < 4.78 is 8.11. The topological polar surface area (TPSA) is 55.4 Å². The maximum Gasteiger partial charge on any atom is 0.155 e. The molecule has 5 nitrogen and oxygen atoms in total. The van der Waals surface area contributed by atoms with Crippen molar-refractivity contribution in [3.63, 3.8) is 0 Å². The van der Waals surface area contributed by atoms with Crippen LogP contribution in [0, 0.1) is 0 Å². The molecule has 3 aromatic heterocycles. The summed E-state index contributed by atoms with van der Waals surface area (Å²) in [4.78, 5) is 8.46. The highest BCUT2D eigenvalue weighted by atomic mass is 79.9. The highest BCUT2D eigenvalue weighted by molar-refractivity contribution is 9.10. The van der Waals surface area contributed by atoms with Gasteiger partial charge in [0.2, 0.25) is 0 Å². The van der Waals surface area contributed by atoms with Crippen LogP contribution in [0.1, 0.15) is 11.5 Å². The van der Waals surface area contributed by atoms with Crippen LogP contribution in [0.15, 0.2) is 46.0 Å². The lowest BCUT2D eigenvalue weighted by molar-refractivity contribution is 0.498. The van der Waals surface area contributed by atoms with Crippen molar-refractivity contribution in [2.75, 3.05) is 6.54 Å². The molecule has 0 bridgehead atoms. The minimum atomic E-state index is 0.762. The van der Waals surface area contributed by atoms with E-state index in [9.17, 15) is 0 Å². The van der Waals surface area contributed by atoms with E-state index in [1.54, 1.807) is 12.5 Å². The van der Waals surface area contributed by atoms with E-state index in [1.807, 2.05) is 28.9 Å². The number of aromatic nitrogens is 3. The first-order valence-corrected chi connectivity index (χ1v) is 6.83. The second-order valence-electron chi connectivity index (χ2n) is 4.19. The van der Waals surface area contributed by atoms with E-state index in [-0.39, 0.29) is 0 Å². The van der Waals surface area contributed by atoms with Gasteiger partial charge in [0.1, 0.15) is 10.4 Å². The summed E-state index contributed by atoms with van der Waals surface area (Å²) in [5, 5.41) is 3.38. The van der Waals surface area contributed by atoms with Crippen LogP contribution in [0.5, 0.6) is 0 Å². The Morgan fingerprint density at radius 1 is 1.32 bits per heavy atom. The Labute approximate surface area is 118 Å². The van der Waals surface area contributed by atoms with E-state index in [1.165, 1.54) is 0 Å². The van der Waals surface area contributed by atoms with Gasteiger partial charge >= 0.3 is 0 Å². The van der Waals surface area contributed by atoms with E-state index < -0.39 is 0 Å². The summed E-state index contributed by atoms with van der Waals surface area (Å²) in [7, 11) is 0. The van der Waals surface area contributed by atoms with E-state index in [4.69, 9.17) is 4.42 Å². The lowest BCUT2D eigenvalue weighted by Gasteiger charge is -2.04. The number of hydrogen-bond acceptors (Lipinski definition) is 4. The maximum absolute atomic E-state index is 5.28. The number of nitrogens with one attached hydrogen (secondary N) is 1. The summed E-state index contributed by atoms with van der Waals surface area (Å²) in [6, 6.07) is 3.89. The Morgan fingerprint density at radius 3 is 3.11 bits per heavy atom. The number of rotatable bonds is 5. The van der Waals surface area contributed by atoms with Gasteiger partial charge in [-0.3, -0.25) is 4.40 Å². The van der Waals surface area contributed by atoms with Crippen LogP contribution in [0.3, 0.4) is 0 Å². The molecular weight excluding hydrogens is 308 g/mol. The molecule has 0 spiro atoms. The summed E-state index contributed by atoms with van der Waals surface area (Å²) >= 11 is 3.37. The molecule has 0 aliphatic carbocycles. The minimum absolute atomic E-state index is 0.762. The molecule has 0 aliphatic rings. The fourth-order valence-electron chi connectivity index (χ4n) is 1.93. The molecular formula is C13H13BrN4O. The predicted molar refractivity (Wildman–Crippen MR) is 74.8 cm³/mol. The van der Waals surface area contributed by atoms with Gasteiger partial charge in [0.15, 0.2) is 5.65 Å². The van der Waals surface area contributed by atoms with Crippen LogP contribution in [-0.2, 0) is 13.0 Å². The third-order valence-corrected chi connectivity index (χ3v) is 3.28. The molecule has 1 N–H and O–H groups in total. The molecule has 3 rings (SSSR count). The molecule has 98 valence electrons. The van der Waals surface area contributed by atoms with Gasteiger partial charge in [-0.05, 0) is 28.1 Å². The average molecular weight is 321 g/mol. The van der Waals surface area contributed by atoms with Crippen molar-refractivity contribution in [3.05, 3.63) is 53.0 Å². The van der Waals surface area contributed by atoms with Gasteiger partial charge in [-0.1, -0.05) is 0 Å². The zero-order valence-corrected chi connectivity index (χ0v) is 11.8. The summed E-state index contributed by atoms with van der Waals surface area (Å²) in [5.41, 5.74) is 1.96. The van der Waals surface area contributed by atoms with E-state index in [2.05, 4.69) is 31.2 Å². The summed E-state index contributed by atoms with van der Waals surface area (Å²) in [6.07, 6.45) is 8.12. The molecule has 0 aromatic carbocycles. The molecule has 0 radical (unpaired) electrons. The molecule has 0 amide bonds. The highest BCUT2D eigenvalue weighted by Gasteiger charge is 2.04. The monoisotopic (exact) mass is 320 g/mol. The zero-order valence-electron chi connectivity index (χ0n) is 10.2. The fraction of sp³-hybridized carbons (Fsp3) is 0.231. The smallest absolute Gasteiger partial charge is 0.155 e. The predicted octanol–water partition coefficient (Wildman–Crippen LogP) is 2.42. The van der Waals surface area contributed by atoms with Crippen molar-refractivity contribution < 1.29 is 4.42 Å². The molecule has 3 heterocycles. The second kappa shape index (κ2) is 5.54. The van der Waals surface area contributed by atoms with Gasteiger partial charge in [0, 0.05) is 25.7 Å². The third kappa shape index (κ3) is 2.85. The van der Waals surface area contributed by atoms with E-state index in [0.29, 0.717) is 0 Å². The number of fused-ring (bicyclic) bond motifs is 1. The van der Waals surface area contributed by atoms with E-state index >= 15 is 0 Å². The first kappa shape index (κ1) is 12.4. The van der Waals surface area contributed by atoms with Crippen molar-refractivity contribution in [1.82, 2.24) is 19.7 Å². The Hall–Kier alpha value is -1.66. The first-order valence-electron chi connectivity index (χ1n) is 6.03. The van der Waals surface area contributed by atoms with Gasteiger partial charge < -0.3 is 9.73 Å². The molecule has 3 aromatic rings. The van der Waals surface area contributed by atoms with Crippen molar-refractivity contribution in [2.45, 2.75) is 13.0 Å². The second-order valence-corrected chi connectivity index (χ2v) is 5.01. The summed E-state index contributed by atoms with van der Waals surface area (Å²) in [6.45, 7) is 1.63. The molecule has 0 saturated heterocycles. The molecule has 6 heteroatoms. The Bertz CT molecular complexity index is 662. The largest absolute Gasteiger partial charge is 0.469 e. The fourth-order valence-corrected chi connectivity index (χ4v) is 2.24. The number of furan rings is 1. The van der Waals surface area contributed by atoms with Crippen LogP contribution in [0.2, 0.25) is 0 Å². The molecule has 0 fully saturated rings. The molecule has 0 atom stereocenters. The SMILES string of the molecule is Brc1cn2c(CNCCc3ccco3)cnc2cn1. The average Bonchev–Trinajstić information content (AvgIpc) is 3.04. The minimum Gasteiger partial charge on any atom is -0.469 e. The first-order chi connectivity index (χ1) is 9.33. The highest BCUT2D eigenvalue weighted by Crippen LogP contribution is 2.10. The van der Waals surface area contributed by atoms with Crippen LogP contribution >= 0.6 is 15.9 Å². The maximum atomic E-state index is 5.28. The van der Waals surface area contributed by atoms with Crippen molar-refractivity contribution in [1.29, 1.82) is 0 Å². The van der Waals surface area contributed by atoms with Crippen LogP contribution < -0.4 is 5.32 Å². The normalized spacial score (nSPS) is 11.2. The van der Waals surface area contributed by atoms with Gasteiger partial charge in [0.25, 0.3) is 0 Å². The quantitative estimate of drug-likeness (QED) is 0.733. The number of nitrogens with zero attached hydrogens (tertiary/aromatic N) is 3. The van der Waals surface area contributed by atoms with Gasteiger partial charge in [0.05, 0.1) is 24.4 Å². The van der Waals surface area contributed by atoms with Crippen molar-refractivity contribution in [2.24, 2.45) is 0 Å². The Kier molecular flexibility index (Phi) is 3.61. The van der Waals surface area contributed by atoms with E-state index in [0.717, 1.165) is 41.2 Å². The Morgan fingerprint density at radius 2 is 2.26 bits per heavy atom. The van der Waals surface area contributed by atoms with Crippen LogP contribution in [0.4, 0.5) is 0 Å². The number of imidazole rings is 1. The molecule has 0 saturated carbocycles. The molecule has 19 heavy (non-hydrogen) atoms. The van der Waals surface area contributed by atoms with Crippen LogP contribution in [0.25, 0.3) is 5.65 Å². The number of hydrogen-bond donors (Lipinski definition) is 1. The van der Waals surface area contributed by atoms with Gasteiger partial charge in [-0.25, -0.2) is 9.97 Å². The third-order valence-electron chi connectivity index (χ3n) is 2.88. The number of halogens is 1. The zero-order chi connectivity index (χ0) is 13.1. The van der Waals surface area contributed by atoms with Crippen molar-refractivity contribution in [3.8, 4) is 0 Å². The summed E-state index contributed by atoms with van der Waals surface area (Å²) in [5.74, 6) is 0.998. The molecule has 0 unspecified atom stereocenters. The van der Waals surface area contributed by atoms with Crippen molar-refractivity contribution >= 4 is 21.6 Å². The molecule has 0 aliphatic heterocycles. The lowest BCUT2D eigenvalue weighted by atomic mass is 10.3. The van der Waals surface area contributed by atoms with Crippen LogP contribution in [-0.4, -0.2) is 20.9 Å². The standard InChI is InChI=1S/C13H13BrN4O/c14-12-9-18-10(7-17-13(18)8-16-12)6-15-4-3-11-2-1-5-19-11/h1-2,5,7-9,15H,3-4,6H2. The Balaban J connectivity index is 1.60.